The number of carbonyl (C=O) groups is 2. The van der Waals surface area contributed by atoms with Crippen molar-refractivity contribution in [2.45, 2.75) is 57.4 Å². The predicted octanol–water partition coefficient (Wildman–Crippen LogP) is 1.27. The zero-order valence-electron chi connectivity index (χ0n) is 10.3. The van der Waals surface area contributed by atoms with Crippen LogP contribution in [0.25, 0.3) is 0 Å². The molecule has 0 unspecified atom stereocenters. The molecule has 5 nitrogen and oxygen atoms in total. The largest absolute Gasteiger partial charge is 0.370 e. The van der Waals surface area contributed by atoms with Crippen molar-refractivity contribution in [1.29, 1.82) is 0 Å². The van der Waals surface area contributed by atoms with E-state index >= 15 is 0 Å². The minimum Gasteiger partial charge on any atom is -0.370 e. The summed E-state index contributed by atoms with van der Waals surface area (Å²) in [5, 5.41) is 5.60. The third-order valence-corrected chi connectivity index (χ3v) is 3.10. The normalized spacial score (nSPS) is 17.9. The number of hydrogen-bond acceptors (Lipinski definition) is 2. The topological polar surface area (TPSA) is 84.2 Å². The molecule has 0 bridgehead atoms. The Labute approximate surface area is 103 Å². The first-order valence-electron chi connectivity index (χ1n) is 6.51. The first-order valence-corrected chi connectivity index (χ1v) is 6.51. The van der Waals surface area contributed by atoms with Crippen LogP contribution in [0.3, 0.4) is 0 Å². The van der Waals surface area contributed by atoms with Crippen molar-refractivity contribution in [2.75, 3.05) is 6.54 Å². The van der Waals surface area contributed by atoms with Crippen LogP contribution in [0.5, 0.6) is 0 Å². The number of nitrogens with one attached hydrogen (secondary N) is 2. The van der Waals surface area contributed by atoms with Crippen molar-refractivity contribution >= 4 is 11.9 Å². The number of urea groups is 1. The molecule has 17 heavy (non-hydrogen) atoms. The summed E-state index contributed by atoms with van der Waals surface area (Å²) in [6, 6.07) is 0.0979. The van der Waals surface area contributed by atoms with Crippen molar-refractivity contribution in [3.63, 3.8) is 0 Å². The Morgan fingerprint density at radius 3 is 2.24 bits per heavy atom. The van der Waals surface area contributed by atoms with Gasteiger partial charge < -0.3 is 16.4 Å². The molecule has 1 aliphatic carbocycles. The van der Waals surface area contributed by atoms with Crippen LogP contribution in [-0.2, 0) is 4.79 Å². The summed E-state index contributed by atoms with van der Waals surface area (Å²) < 4.78 is 0. The molecule has 1 rings (SSSR count). The molecule has 0 radical (unpaired) electrons. The highest BCUT2D eigenvalue weighted by Crippen LogP contribution is 2.16. The van der Waals surface area contributed by atoms with Gasteiger partial charge in [0, 0.05) is 19.0 Å². The van der Waals surface area contributed by atoms with E-state index in [1.165, 1.54) is 32.1 Å². The molecule has 0 aromatic carbocycles. The Morgan fingerprint density at radius 2 is 1.65 bits per heavy atom. The first kappa shape index (κ1) is 13.8. The van der Waals surface area contributed by atoms with Crippen molar-refractivity contribution in [1.82, 2.24) is 10.6 Å². The van der Waals surface area contributed by atoms with E-state index in [0.717, 1.165) is 12.8 Å². The van der Waals surface area contributed by atoms with E-state index in [0.29, 0.717) is 6.54 Å². The highest BCUT2D eigenvalue weighted by Gasteiger charge is 2.13. The van der Waals surface area contributed by atoms with Crippen LogP contribution in [0.2, 0.25) is 0 Å². The molecule has 5 heteroatoms. The Bertz CT molecular complexity index is 248. The fraction of sp³-hybridized carbons (Fsp3) is 0.833. The smallest absolute Gasteiger partial charge is 0.315 e. The van der Waals surface area contributed by atoms with Gasteiger partial charge in [-0.2, -0.15) is 0 Å². The number of nitrogens with two attached hydrogens (primary N) is 1. The summed E-state index contributed by atoms with van der Waals surface area (Å²) in [5.41, 5.74) is 4.99. The van der Waals surface area contributed by atoms with Crippen LogP contribution in [0.15, 0.2) is 0 Å². The first-order chi connectivity index (χ1) is 8.18. The summed E-state index contributed by atoms with van der Waals surface area (Å²) in [5.74, 6) is -0.392. The van der Waals surface area contributed by atoms with E-state index in [1.54, 1.807) is 0 Å². The van der Waals surface area contributed by atoms with Crippen LogP contribution in [0.4, 0.5) is 4.79 Å². The Balaban J connectivity index is 2.16. The van der Waals surface area contributed by atoms with Crippen LogP contribution < -0.4 is 16.4 Å². The molecule has 0 aromatic heterocycles. The van der Waals surface area contributed by atoms with Gasteiger partial charge in [-0.25, -0.2) is 4.79 Å². The van der Waals surface area contributed by atoms with Gasteiger partial charge in [0.25, 0.3) is 0 Å². The molecule has 1 aliphatic rings. The zero-order chi connectivity index (χ0) is 12.5. The highest BCUT2D eigenvalue weighted by atomic mass is 16.2. The lowest BCUT2D eigenvalue weighted by atomic mass is 9.97. The van der Waals surface area contributed by atoms with E-state index in [4.69, 9.17) is 5.73 Å². The van der Waals surface area contributed by atoms with Gasteiger partial charge in [0.2, 0.25) is 5.91 Å². The van der Waals surface area contributed by atoms with Gasteiger partial charge in [0.15, 0.2) is 0 Å². The maximum absolute atomic E-state index is 11.5. The van der Waals surface area contributed by atoms with E-state index in [9.17, 15) is 9.59 Å². The molecule has 0 atom stereocenters. The summed E-state index contributed by atoms with van der Waals surface area (Å²) in [6.07, 6.45) is 8.53. The van der Waals surface area contributed by atoms with Crippen LogP contribution in [0, 0.1) is 0 Å². The van der Waals surface area contributed by atoms with Gasteiger partial charge in [-0.3, -0.25) is 4.79 Å². The van der Waals surface area contributed by atoms with Gasteiger partial charge >= 0.3 is 6.03 Å². The number of hydrogen-bond donors (Lipinski definition) is 3. The summed E-state index contributed by atoms with van der Waals surface area (Å²) >= 11 is 0. The van der Waals surface area contributed by atoms with Gasteiger partial charge in [0.1, 0.15) is 0 Å². The fourth-order valence-corrected chi connectivity index (χ4v) is 2.14. The number of primary amides is 1. The molecule has 0 spiro atoms. The number of rotatable bonds is 4. The van der Waals surface area contributed by atoms with Gasteiger partial charge in [-0.15, -0.1) is 0 Å². The molecule has 1 saturated carbocycles. The number of amides is 3. The van der Waals surface area contributed by atoms with E-state index in [1.807, 2.05) is 0 Å². The zero-order valence-corrected chi connectivity index (χ0v) is 10.3. The molecule has 0 heterocycles. The highest BCUT2D eigenvalue weighted by molar-refractivity contribution is 5.77. The SMILES string of the molecule is NC(=O)CCNC(=O)NC1CCCCCCC1. The lowest BCUT2D eigenvalue weighted by molar-refractivity contribution is -0.117. The standard InChI is InChI=1S/C12H23N3O2/c13-11(16)8-9-14-12(17)15-10-6-4-2-1-3-5-7-10/h10H,1-9H2,(H2,13,16)(H2,14,15,17). The van der Waals surface area contributed by atoms with E-state index < -0.39 is 5.91 Å². The average Bonchev–Trinajstić information content (AvgIpc) is 2.21. The van der Waals surface area contributed by atoms with Crippen molar-refractivity contribution in [3.8, 4) is 0 Å². The molecular weight excluding hydrogens is 218 g/mol. The van der Waals surface area contributed by atoms with Crippen LogP contribution >= 0.6 is 0 Å². The molecule has 3 amide bonds. The van der Waals surface area contributed by atoms with Crippen molar-refractivity contribution in [3.05, 3.63) is 0 Å². The summed E-state index contributed by atoms with van der Waals surface area (Å²) in [6.45, 7) is 0.313. The van der Waals surface area contributed by atoms with Gasteiger partial charge in [-0.1, -0.05) is 32.1 Å². The monoisotopic (exact) mass is 241 g/mol. The minimum atomic E-state index is -0.392. The third kappa shape index (κ3) is 6.81. The van der Waals surface area contributed by atoms with Crippen molar-refractivity contribution < 1.29 is 9.59 Å². The van der Waals surface area contributed by atoms with Crippen molar-refractivity contribution in [2.24, 2.45) is 5.73 Å². The Morgan fingerprint density at radius 1 is 1.06 bits per heavy atom. The fourth-order valence-electron chi connectivity index (χ4n) is 2.14. The number of carbonyl (C=O) groups excluding carboxylic acids is 2. The van der Waals surface area contributed by atoms with Gasteiger partial charge in [-0.05, 0) is 12.8 Å². The molecule has 4 N–H and O–H groups in total. The minimum absolute atomic E-state index is 0.183. The maximum atomic E-state index is 11.5. The van der Waals surface area contributed by atoms with Crippen LogP contribution in [0.1, 0.15) is 51.4 Å². The van der Waals surface area contributed by atoms with E-state index in [-0.39, 0.29) is 18.5 Å². The lowest BCUT2D eigenvalue weighted by Gasteiger charge is -2.21. The molecule has 0 aliphatic heterocycles. The molecular formula is C12H23N3O2. The summed E-state index contributed by atoms with van der Waals surface area (Å²) in [4.78, 5) is 22.0. The molecule has 98 valence electrons. The average molecular weight is 241 g/mol. The predicted molar refractivity (Wildman–Crippen MR) is 66.5 cm³/mol. The maximum Gasteiger partial charge on any atom is 0.315 e. The molecule has 1 fully saturated rings. The second kappa shape index (κ2) is 7.92. The quantitative estimate of drug-likeness (QED) is 0.692. The Hall–Kier alpha value is -1.26. The third-order valence-electron chi connectivity index (χ3n) is 3.10. The lowest BCUT2D eigenvalue weighted by Crippen LogP contribution is -2.43. The van der Waals surface area contributed by atoms with E-state index in [2.05, 4.69) is 10.6 Å². The van der Waals surface area contributed by atoms with Gasteiger partial charge in [0.05, 0.1) is 0 Å². The second-order valence-electron chi connectivity index (χ2n) is 4.66. The molecule has 0 aromatic rings. The molecule has 0 saturated heterocycles. The second-order valence-corrected chi connectivity index (χ2v) is 4.66. The summed E-state index contributed by atoms with van der Waals surface area (Å²) in [7, 11) is 0. The van der Waals surface area contributed by atoms with Crippen LogP contribution in [-0.4, -0.2) is 24.5 Å². The Kier molecular flexibility index (Phi) is 6.43.